The zero-order chi connectivity index (χ0) is 53.2. The predicted octanol–water partition coefficient (Wildman–Crippen LogP) is 15.4. The lowest BCUT2D eigenvalue weighted by Gasteiger charge is -2.46. The van der Waals surface area contributed by atoms with Gasteiger partial charge in [0.05, 0.1) is 65.0 Å². The van der Waals surface area contributed by atoms with E-state index in [9.17, 15) is 5.53 Å². The molecule has 1 fully saturated rings. The number of ether oxygens (including phenoxy) is 8. The minimum atomic E-state index is -1.04. The van der Waals surface area contributed by atoms with Crippen molar-refractivity contribution in [2.45, 2.75) is 166 Å². The first-order chi connectivity index (χ1) is 38.2. The van der Waals surface area contributed by atoms with E-state index in [1.54, 1.807) is 0 Å². The summed E-state index contributed by atoms with van der Waals surface area (Å²) in [6.07, 6.45) is 12.5. The lowest BCUT2D eigenvalue weighted by Crippen LogP contribution is -2.62. The molecule has 0 amide bonds. The van der Waals surface area contributed by atoms with E-state index in [2.05, 4.69) is 29.1 Å². The first-order valence-corrected chi connectivity index (χ1v) is 28.0. The van der Waals surface area contributed by atoms with Crippen molar-refractivity contribution in [3.63, 3.8) is 0 Å². The van der Waals surface area contributed by atoms with Crippen LogP contribution in [0.5, 0.6) is 0 Å². The maximum absolute atomic E-state index is 10.4. The van der Waals surface area contributed by atoms with Crippen LogP contribution >= 0.6 is 0 Å². The second-order valence-corrected chi connectivity index (χ2v) is 19.9. The molecule has 1 aliphatic rings. The molecule has 0 radical (unpaired) electrons. The van der Waals surface area contributed by atoms with Gasteiger partial charge in [0.2, 0.25) is 0 Å². The second kappa shape index (κ2) is 35.5. The minimum Gasteiger partial charge on any atom is -0.374 e. The molecule has 1 aliphatic heterocycles. The van der Waals surface area contributed by atoms with Gasteiger partial charge in [0.25, 0.3) is 0 Å². The number of nitrogens with zero attached hydrogens (tertiary/aromatic N) is 3. The van der Waals surface area contributed by atoms with Crippen molar-refractivity contribution in [3.8, 4) is 0 Å². The van der Waals surface area contributed by atoms with Gasteiger partial charge in [-0.2, -0.15) is 0 Å². The summed E-state index contributed by atoms with van der Waals surface area (Å²) in [6.45, 7) is 4.06. The molecule has 0 bridgehead atoms. The number of benzene rings is 6. The van der Waals surface area contributed by atoms with Crippen LogP contribution in [0, 0.1) is 0 Å². The molecule has 0 N–H and O–H groups in total. The average Bonchev–Trinajstić information content (AvgIpc) is 3.49. The van der Waals surface area contributed by atoms with Gasteiger partial charge in [0.15, 0.2) is 6.29 Å². The van der Waals surface area contributed by atoms with Gasteiger partial charge in [-0.15, -0.1) is 0 Å². The summed E-state index contributed by atoms with van der Waals surface area (Å²) in [4.78, 5) is 3.41. The molecule has 0 unspecified atom stereocenters. The quantitative estimate of drug-likeness (QED) is 0.0124. The topological polar surface area (TPSA) is 123 Å². The Balaban J connectivity index is 1.18. The molecular formula is C66H81N3O8. The third-order valence-electron chi connectivity index (χ3n) is 13.8. The number of unbranched alkanes of at least 4 members (excludes halogenated alkanes) is 10. The monoisotopic (exact) mass is 1040 g/mol. The van der Waals surface area contributed by atoms with Crippen LogP contribution in [0.3, 0.4) is 0 Å². The van der Waals surface area contributed by atoms with Crippen LogP contribution in [0.2, 0.25) is 0 Å². The van der Waals surface area contributed by atoms with Gasteiger partial charge in [-0.25, -0.2) is 0 Å². The van der Waals surface area contributed by atoms with E-state index in [0.29, 0.717) is 19.8 Å². The fourth-order valence-electron chi connectivity index (χ4n) is 9.53. The average molecular weight is 1040 g/mol. The Hall–Kier alpha value is -5.95. The summed E-state index contributed by atoms with van der Waals surface area (Å²) in [5.74, 6) is 0. The first-order valence-electron chi connectivity index (χ1n) is 28.0. The predicted molar refractivity (Wildman–Crippen MR) is 304 cm³/mol. The zero-order valence-electron chi connectivity index (χ0n) is 45.1. The molecule has 7 rings (SSSR count). The van der Waals surface area contributed by atoms with E-state index < -0.39 is 49.0 Å². The van der Waals surface area contributed by atoms with E-state index >= 15 is 0 Å². The lowest BCUT2D eigenvalue weighted by atomic mass is 9.97. The number of hydrogen-bond acceptors (Lipinski definition) is 9. The summed E-state index contributed by atoms with van der Waals surface area (Å²) in [5, 5.41) is 4.44. The standard InChI is InChI=1S/C66H81N3O8/c1-2-3-4-5-6-7-8-9-10-11-12-31-44-60(71-46-54-34-21-14-22-35-54)62(72-47-55-36-23-15-24-37-55)59(68-69-67)51-76-66-65(75-50-58-42-29-18-30-43-58)64(74-49-57-40-27-17-28-41-57)63(73-48-56-38-25-16-26-39-56)61(77-66)52-70-45-53-32-19-13-20-33-53/h13-44,59-66H,2-12,45-52H2,1H3/b44-31-/t59-,60+,61+,62-,63-,64-,65+,66+/m0/s1. The van der Waals surface area contributed by atoms with E-state index in [0.717, 1.165) is 46.2 Å². The van der Waals surface area contributed by atoms with Crippen molar-refractivity contribution in [2.75, 3.05) is 13.2 Å². The van der Waals surface area contributed by atoms with E-state index in [-0.39, 0.29) is 33.0 Å². The Morgan fingerprint density at radius 2 is 0.896 bits per heavy atom. The third-order valence-corrected chi connectivity index (χ3v) is 13.8. The molecule has 6 aromatic carbocycles. The highest BCUT2D eigenvalue weighted by atomic mass is 16.7. The molecule has 77 heavy (non-hydrogen) atoms. The molecule has 1 saturated heterocycles. The molecular weight excluding hydrogens is 963 g/mol. The maximum Gasteiger partial charge on any atom is 0.186 e. The molecule has 11 nitrogen and oxygen atoms in total. The molecule has 1 heterocycles. The number of rotatable bonds is 37. The Morgan fingerprint density at radius 1 is 0.481 bits per heavy atom. The van der Waals surface area contributed by atoms with Crippen molar-refractivity contribution in [1.29, 1.82) is 0 Å². The summed E-state index contributed by atoms with van der Waals surface area (Å²) >= 11 is 0. The maximum atomic E-state index is 10.4. The van der Waals surface area contributed by atoms with Crippen molar-refractivity contribution in [2.24, 2.45) is 5.11 Å². The van der Waals surface area contributed by atoms with Crippen LogP contribution in [-0.4, -0.2) is 62.2 Å². The third kappa shape index (κ3) is 21.4. The fourth-order valence-corrected chi connectivity index (χ4v) is 9.53. The Morgan fingerprint density at radius 3 is 1.38 bits per heavy atom. The van der Waals surface area contributed by atoms with Gasteiger partial charge < -0.3 is 37.9 Å². The summed E-state index contributed by atoms with van der Waals surface area (Å²) in [6, 6.07) is 59.4. The molecule has 0 saturated carbocycles. The molecule has 0 spiro atoms. The minimum absolute atomic E-state index is 0.102. The Bertz CT molecular complexity index is 2500. The van der Waals surface area contributed by atoms with Gasteiger partial charge in [0, 0.05) is 4.91 Å². The highest BCUT2D eigenvalue weighted by Gasteiger charge is 2.49. The van der Waals surface area contributed by atoms with Gasteiger partial charge in [-0.3, -0.25) is 0 Å². The number of allylic oxidation sites excluding steroid dienone is 1. The van der Waals surface area contributed by atoms with E-state index in [1.165, 1.54) is 57.8 Å². The Labute approximate surface area is 458 Å². The van der Waals surface area contributed by atoms with Gasteiger partial charge in [0.1, 0.15) is 30.5 Å². The number of azide groups is 1. The molecule has 408 valence electrons. The second-order valence-electron chi connectivity index (χ2n) is 19.9. The summed E-state index contributed by atoms with van der Waals surface area (Å²) in [7, 11) is 0. The van der Waals surface area contributed by atoms with Gasteiger partial charge in [-0.1, -0.05) is 264 Å². The smallest absolute Gasteiger partial charge is 0.186 e. The van der Waals surface area contributed by atoms with Crippen LogP contribution in [0.15, 0.2) is 199 Å². The van der Waals surface area contributed by atoms with Crippen LogP contribution < -0.4 is 0 Å². The normalized spacial score (nSPS) is 18.6. The first kappa shape index (κ1) is 58.7. The highest BCUT2D eigenvalue weighted by molar-refractivity contribution is 5.18. The van der Waals surface area contributed by atoms with Crippen molar-refractivity contribution >= 4 is 0 Å². The fraction of sp³-hybridized carbons (Fsp3) is 0.424. The molecule has 0 aromatic heterocycles. The van der Waals surface area contributed by atoms with E-state index in [4.69, 9.17) is 37.9 Å². The largest absolute Gasteiger partial charge is 0.374 e. The highest BCUT2D eigenvalue weighted by Crippen LogP contribution is 2.33. The molecule has 11 heteroatoms. The van der Waals surface area contributed by atoms with Crippen LogP contribution in [0.25, 0.3) is 10.4 Å². The lowest BCUT2D eigenvalue weighted by molar-refractivity contribution is -0.329. The van der Waals surface area contributed by atoms with Crippen LogP contribution in [-0.2, 0) is 77.5 Å². The van der Waals surface area contributed by atoms with Crippen molar-refractivity contribution in [1.82, 2.24) is 0 Å². The van der Waals surface area contributed by atoms with Gasteiger partial charge >= 0.3 is 0 Å². The summed E-state index contributed by atoms with van der Waals surface area (Å²) in [5.41, 5.74) is 16.3. The SMILES string of the molecule is CCCCCCCCCCCC/C=C\[C@@H](OCc1ccccc1)[C@@H](OCc1ccccc1)[C@H](CO[C@@H]1O[C@H](COCc2ccccc2)[C@H](OCc2ccccc2)[C@H](OCc2ccccc2)[C@H]1OCc1ccccc1)N=[N+]=[N-]. The van der Waals surface area contributed by atoms with Gasteiger partial charge in [-0.05, 0) is 51.8 Å². The molecule has 6 aromatic rings. The van der Waals surface area contributed by atoms with Crippen LogP contribution in [0.4, 0.5) is 0 Å². The summed E-state index contributed by atoms with van der Waals surface area (Å²) < 4.78 is 55.1. The number of hydrogen-bond donors (Lipinski definition) is 0. The Kier molecular flexibility index (Phi) is 27.0. The zero-order valence-corrected chi connectivity index (χ0v) is 45.1. The molecule has 8 atom stereocenters. The van der Waals surface area contributed by atoms with Crippen molar-refractivity contribution < 1.29 is 37.9 Å². The van der Waals surface area contributed by atoms with Crippen LogP contribution in [0.1, 0.15) is 111 Å². The van der Waals surface area contributed by atoms with Crippen molar-refractivity contribution in [3.05, 3.63) is 238 Å². The van der Waals surface area contributed by atoms with E-state index in [1.807, 2.05) is 182 Å². The molecule has 0 aliphatic carbocycles.